The normalized spacial score (nSPS) is 12.1. The molecule has 1 aromatic rings. The highest BCUT2D eigenvalue weighted by Crippen LogP contribution is 2.25. The molecule has 1 unspecified atom stereocenters. The number of aryl methyl sites for hydroxylation is 2. The van der Waals surface area contributed by atoms with Gasteiger partial charge in [0.1, 0.15) is 5.75 Å². The quantitative estimate of drug-likeness (QED) is 0.751. The summed E-state index contributed by atoms with van der Waals surface area (Å²) in [6, 6.07) is 4.42. The van der Waals surface area contributed by atoms with Gasteiger partial charge in [0.05, 0.1) is 6.61 Å². The van der Waals surface area contributed by atoms with Crippen LogP contribution in [0.5, 0.6) is 5.75 Å². The lowest BCUT2D eigenvalue weighted by molar-refractivity contribution is -0.120. The number of carbonyl (C=O) groups is 1. The van der Waals surface area contributed by atoms with Crippen LogP contribution < -0.4 is 15.8 Å². The van der Waals surface area contributed by atoms with E-state index in [9.17, 15) is 4.79 Å². The third-order valence-electron chi connectivity index (χ3n) is 3.15. The fourth-order valence-corrected chi connectivity index (χ4v) is 2.29. The van der Waals surface area contributed by atoms with Gasteiger partial charge >= 0.3 is 0 Å². The first-order valence-corrected chi connectivity index (χ1v) is 7.13. The highest BCUT2D eigenvalue weighted by molar-refractivity contribution is 5.75. The van der Waals surface area contributed by atoms with Gasteiger partial charge in [-0.05, 0) is 50.3 Å². The Kier molecular flexibility index (Phi) is 6.52. The number of nitrogens with one attached hydrogen (secondary N) is 1. The Morgan fingerprint density at radius 1 is 1.35 bits per heavy atom. The average Bonchev–Trinajstić information content (AvgIpc) is 2.35. The summed E-state index contributed by atoms with van der Waals surface area (Å²) >= 11 is 0. The minimum absolute atomic E-state index is 0.0503. The van der Waals surface area contributed by atoms with Crippen LogP contribution in [0.4, 0.5) is 0 Å². The zero-order chi connectivity index (χ0) is 15.1. The molecule has 0 spiro atoms. The molecule has 1 rings (SSSR count). The maximum Gasteiger partial charge on any atom is 0.219 e. The molecule has 0 heterocycles. The van der Waals surface area contributed by atoms with Gasteiger partial charge in [-0.1, -0.05) is 12.1 Å². The van der Waals surface area contributed by atoms with E-state index in [1.807, 2.05) is 20.8 Å². The zero-order valence-electron chi connectivity index (χ0n) is 13.0. The molecule has 20 heavy (non-hydrogen) atoms. The molecular formula is C16H26N2O2. The van der Waals surface area contributed by atoms with E-state index >= 15 is 0 Å². The molecule has 1 aromatic carbocycles. The van der Waals surface area contributed by atoms with Crippen molar-refractivity contribution in [2.45, 2.75) is 46.1 Å². The van der Waals surface area contributed by atoms with Crippen LogP contribution in [0.2, 0.25) is 0 Å². The molecule has 0 bridgehead atoms. The zero-order valence-corrected chi connectivity index (χ0v) is 13.0. The van der Waals surface area contributed by atoms with Gasteiger partial charge < -0.3 is 15.8 Å². The lowest BCUT2D eigenvalue weighted by Gasteiger charge is -2.15. The van der Waals surface area contributed by atoms with Crippen LogP contribution in [0.15, 0.2) is 12.1 Å². The minimum atomic E-state index is 0.0503. The second kappa shape index (κ2) is 7.90. The fourth-order valence-electron chi connectivity index (χ4n) is 2.29. The standard InChI is InChI=1S/C16H26N2O2/c1-11-8-14(10-13(3)17)9-12(2)16(11)20-7-5-6-15(19)18-4/h8-9,13H,5-7,10,17H2,1-4H3,(H,18,19). The van der Waals surface area contributed by atoms with E-state index in [1.54, 1.807) is 7.05 Å². The maximum atomic E-state index is 11.1. The first-order valence-electron chi connectivity index (χ1n) is 7.13. The number of carbonyl (C=O) groups excluding carboxylic acids is 1. The van der Waals surface area contributed by atoms with Crippen molar-refractivity contribution in [3.63, 3.8) is 0 Å². The van der Waals surface area contributed by atoms with E-state index in [-0.39, 0.29) is 11.9 Å². The number of rotatable bonds is 7. The van der Waals surface area contributed by atoms with Crippen LogP contribution in [0.25, 0.3) is 0 Å². The van der Waals surface area contributed by atoms with Crippen molar-refractivity contribution < 1.29 is 9.53 Å². The monoisotopic (exact) mass is 278 g/mol. The van der Waals surface area contributed by atoms with Gasteiger partial charge in [0, 0.05) is 19.5 Å². The van der Waals surface area contributed by atoms with E-state index in [2.05, 4.69) is 17.4 Å². The van der Waals surface area contributed by atoms with Gasteiger partial charge in [0.25, 0.3) is 0 Å². The molecule has 0 fully saturated rings. The van der Waals surface area contributed by atoms with E-state index in [0.29, 0.717) is 13.0 Å². The molecule has 4 heteroatoms. The summed E-state index contributed by atoms with van der Waals surface area (Å²) in [6.07, 6.45) is 2.09. The van der Waals surface area contributed by atoms with Crippen molar-refractivity contribution in [2.75, 3.05) is 13.7 Å². The summed E-state index contributed by atoms with van der Waals surface area (Å²) in [5.41, 5.74) is 9.33. The number of amides is 1. The first kappa shape index (κ1) is 16.5. The molecule has 0 saturated heterocycles. The Morgan fingerprint density at radius 2 is 1.95 bits per heavy atom. The van der Waals surface area contributed by atoms with Crippen LogP contribution in [0.1, 0.15) is 36.5 Å². The minimum Gasteiger partial charge on any atom is -0.493 e. The Labute approximate surface area is 121 Å². The highest BCUT2D eigenvalue weighted by Gasteiger charge is 2.08. The molecule has 112 valence electrons. The van der Waals surface area contributed by atoms with Crippen LogP contribution in [0.3, 0.4) is 0 Å². The molecule has 0 aromatic heterocycles. The van der Waals surface area contributed by atoms with Gasteiger partial charge in [-0.15, -0.1) is 0 Å². The first-order chi connectivity index (χ1) is 9.43. The maximum absolute atomic E-state index is 11.1. The number of nitrogens with two attached hydrogens (primary N) is 1. The van der Waals surface area contributed by atoms with E-state index in [1.165, 1.54) is 5.56 Å². The predicted molar refractivity (Wildman–Crippen MR) is 82.1 cm³/mol. The van der Waals surface area contributed by atoms with Crippen molar-refractivity contribution >= 4 is 5.91 Å². The van der Waals surface area contributed by atoms with Crippen molar-refractivity contribution in [1.82, 2.24) is 5.32 Å². The topological polar surface area (TPSA) is 64.3 Å². The number of benzene rings is 1. The van der Waals surface area contributed by atoms with E-state index < -0.39 is 0 Å². The molecule has 0 aliphatic rings. The van der Waals surface area contributed by atoms with Crippen LogP contribution >= 0.6 is 0 Å². The largest absolute Gasteiger partial charge is 0.493 e. The molecule has 1 atom stereocenters. The molecule has 0 radical (unpaired) electrons. The lowest BCUT2D eigenvalue weighted by atomic mass is 10.0. The molecular weight excluding hydrogens is 252 g/mol. The van der Waals surface area contributed by atoms with Crippen LogP contribution in [0, 0.1) is 13.8 Å². The molecule has 0 saturated carbocycles. The van der Waals surface area contributed by atoms with Gasteiger partial charge in [-0.2, -0.15) is 0 Å². The Morgan fingerprint density at radius 3 is 2.45 bits per heavy atom. The summed E-state index contributed by atoms with van der Waals surface area (Å²) in [7, 11) is 1.65. The number of ether oxygens (including phenoxy) is 1. The molecule has 0 aliphatic carbocycles. The smallest absolute Gasteiger partial charge is 0.219 e. The lowest BCUT2D eigenvalue weighted by Crippen LogP contribution is -2.18. The molecule has 4 nitrogen and oxygen atoms in total. The van der Waals surface area contributed by atoms with Crippen LogP contribution in [-0.2, 0) is 11.2 Å². The van der Waals surface area contributed by atoms with Crippen molar-refractivity contribution in [3.05, 3.63) is 28.8 Å². The second-order valence-electron chi connectivity index (χ2n) is 5.37. The van der Waals surface area contributed by atoms with Gasteiger partial charge in [-0.3, -0.25) is 4.79 Å². The van der Waals surface area contributed by atoms with Gasteiger partial charge in [0.2, 0.25) is 5.91 Å². The molecule has 0 aliphatic heterocycles. The van der Waals surface area contributed by atoms with Crippen molar-refractivity contribution in [3.8, 4) is 5.75 Å². The van der Waals surface area contributed by atoms with E-state index in [4.69, 9.17) is 10.5 Å². The Balaban J connectivity index is 2.60. The second-order valence-corrected chi connectivity index (χ2v) is 5.37. The van der Waals surface area contributed by atoms with E-state index in [0.717, 1.165) is 29.7 Å². The SMILES string of the molecule is CNC(=O)CCCOc1c(C)cc(CC(C)N)cc1C. The summed E-state index contributed by atoms with van der Waals surface area (Å²) in [4.78, 5) is 11.1. The summed E-state index contributed by atoms with van der Waals surface area (Å²) in [5, 5.41) is 2.61. The summed E-state index contributed by atoms with van der Waals surface area (Å²) < 4.78 is 5.81. The van der Waals surface area contributed by atoms with Crippen LogP contribution in [-0.4, -0.2) is 25.6 Å². The fraction of sp³-hybridized carbons (Fsp3) is 0.562. The van der Waals surface area contributed by atoms with Crippen molar-refractivity contribution in [2.24, 2.45) is 5.73 Å². The Hall–Kier alpha value is -1.55. The van der Waals surface area contributed by atoms with Gasteiger partial charge in [-0.25, -0.2) is 0 Å². The highest BCUT2D eigenvalue weighted by atomic mass is 16.5. The summed E-state index contributed by atoms with van der Waals surface area (Å²) in [5.74, 6) is 0.977. The third-order valence-corrected chi connectivity index (χ3v) is 3.15. The molecule has 1 amide bonds. The number of hydrogen-bond donors (Lipinski definition) is 2. The predicted octanol–water partition coefficient (Wildman–Crippen LogP) is 2.10. The van der Waals surface area contributed by atoms with Crippen molar-refractivity contribution in [1.29, 1.82) is 0 Å². The average molecular weight is 278 g/mol. The van der Waals surface area contributed by atoms with Gasteiger partial charge in [0.15, 0.2) is 0 Å². The number of hydrogen-bond acceptors (Lipinski definition) is 3. The Bertz CT molecular complexity index is 433. The third kappa shape index (κ3) is 5.21. The molecule has 3 N–H and O–H groups in total. The summed E-state index contributed by atoms with van der Waals surface area (Å²) in [6.45, 7) is 6.66.